The van der Waals surface area contributed by atoms with E-state index in [4.69, 9.17) is 0 Å². The molecule has 21 heavy (non-hydrogen) atoms. The quantitative estimate of drug-likeness (QED) is 0.813. The van der Waals surface area contributed by atoms with Crippen molar-refractivity contribution < 1.29 is 9.59 Å². The molecule has 0 bridgehead atoms. The molecule has 0 aromatic rings. The fourth-order valence-corrected chi connectivity index (χ4v) is 3.46. The molecule has 1 N–H and O–H groups in total. The predicted octanol–water partition coefficient (Wildman–Crippen LogP) is 2.64. The van der Waals surface area contributed by atoms with E-state index in [0.717, 1.165) is 12.8 Å². The molecule has 0 spiro atoms. The Morgan fingerprint density at radius 3 is 2.43 bits per heavy atom. The smallest absolute Gasteiger partial charge is 0.248 e. The monoisotopic (exact) mass is 292 g/mol. The molecule has 118 valence electrons. The molecule has 2 fully saturated rings. The van der Waals surface area contributed by atoms with Crippen LogP contribution in [0.2, 0.25) is 0 Å². The Morgan fingerprint density at radius 2 is 1.86 bits per heavy atom. The van der Waals surface area contributed by atoms with Crippen LogP contribution in [-0.2, 0) is 9.59 Å². The topological polar surface area (TPSA) is 49.4 Å². The molecule has 0 radical (unpaired) electrons. The van der Waals surface area contributed by atoms with E-state index in [-0.39, 0.29) is 17.9 Å². The van der Waals surface area contributed by atoms with Gasteiger partial charge in [-0.1, -0.05) is 30.9 Å². The van der Waals surface area contributed by atoms with Crippen LogP contribution in [0.15, 0.2) is 11.6 Å². The molecule has 1 saturated heterocycles. The first kappa shape index (κ1) is 16.1. The number of rotatable bonds is 3. The van der Waals surface area contributed by atoms with Crippen molar-refractivity contribution in [2.75, 3.05) is 6.54 Å². The van der Waals surface area contributed by atoms with Crippen molar-refractivity contribution in [3.8, 4) is 0 Å². The van der Waals surface area contributed by atoms with E-state index < -0.39 is 5.54 Å². The molecule has 2 amide bonds. The van der Waals surface area contributed by atoms with Crippen LogP contribution in [0, 0.1) is 5.92 Å². The Bertz CT molecular complexity index is 444. The first-order valence-electron chi connectivity index (χ1n) is 8.09. The van der Waals surface area contributed by atoms with Crippen LogP contribution in [0.4, 0.5) is 0 Å². The second-order valence-corrected chi connectivity index (χ2v) is 7.20. The normalized spacial score (nSPS) is 26.5. The standard InChI is InChI=1S/C17H28N2O2/c1-12(2)10-11-19-14(13-8-6-5-7-9-13)15(20)18-17(3,4)16(19)21/h10,13-14H,5-9,11H2,1-4H3,(H,18,20). The number of piperazine rings is 1. The Morgan fingerprint density at radius 1 is 1.24 bits per heavy atom. The maximum atomic E-state index is 12.7. The number of nitrogens with one attached hydrogen (secondary N) is 1. The number of hydrogen-bond donors (Lipinski definition) is 1. The molecule has 1 heterocycles. The maximum absolute atomic E-state index is 12.7. The highest BCUT2D eigenvalue weighted by molar-refractivity contribution is 5.99. The summed E-state index contributed by atoms with van der Waals surface area (Å²) in [4.78, 5) is 27.1. The molecule has 0 aromatic heterocycles. The summed E-state index contributed by atoms with van der Waals surface area (Å²) >= 11 is 0. The lowest BCUT2D eigenvalue weighted by Gasteiger charge is -2.46. The molecule has 0 aromatic carbocycles. The molecule has 1 aliphatic heterocycles. The van der Waals surface area contributed by atoms with Crippen molar-refractivity contribution in [1.82, 2.24) is 10.2 Å². The highest BCUT2D eigenvalue weighted by Crippen LogP contribution is 2.32. The zero-order chi connectivity index (χ0) is 15.6. The third kappa shape index (κ3) is 3.47. The molecule has 2 rings (SSSR count). The van der Waals surface area contributed by atoms with Crippen LogP contribution in [0.1, 0.15) is 59.8 Å². The highest BCUT2D eigenvalue weighted by atomic mass is 16.2. The minimum Gasteiger partial charge on any atom is -0.340 e. The molecule has 2 aliphatic rings. The minimum absolute atomic E-state index is 0.0219. The molecular weight excluding hydrogens is 264 g/mol. The number of amides is 2. The predicted molar refractivity (Wildman–Crippen MR) is 83.7 cm³/mol. The average Bonchev–Trinajstić information content (AvgIpc) is 2.41. The maximum Gasteiger partial charge on any atom is 0.248 e. The summed E-state index contributed by atoms with van der Waals surface area (Å²) in [6.45, 7) is 8.17. The first-order chi connectivity index (χ1) is 9.83. The molecule has 4 nitrogen and oxygen atoms in total. The van der Waals surface area contributed by atoms with Crippen molar-refractivity contribution in [2.45, 2.75) is 71.4 Å². The Labute approximate surface area is 128 Å². The number of nitrogens with zero attached hydrogens (tertiary/aromatic N) is 1. The van der Waals surface area contributed by atoms with Crippen molar-refractivity contribution in [3.05, 3.63) is 11.6 Å². The molecule has 1 atom stereocenters. The van der Waals surface area contributed by atoms with Crippen LogP contribution in [0.3, 0.4) is 0 Å². The van der Waals surface area contributed by atoms with Crippen LogP contribution < -0.4 is 5.32 Å². The number of carbonyl (C=O) groups excluding carboxylic acids is 2. The summed E-state index contributed by atoms with van der Waals surface area (Å²) in [5.74, 6) is 0.369. The number of hydrogen-bond acceptors (Lipinski definition) is 2. The van der Waals surface area contributed by atoms with Crippen LogP contribution in [0.25, 0.3) is 0 Å². The van der Waals surface area contributed by atoms with Gasteiger partial charge in [-0.3, -0.25) is 9.59 Å². The van der Waals surface area contributed by atoms with Gasteiger partial charge in [0.25, 0.3) is 0 Å². The molecule has 1 aliphatic carbocycles. The van der Waals surface area contributed by atoms with Crippen LogP contribution in [-0.4, -0.2) is 34.8 Å². The SMILES string of the molecule is CC(C)=CCN1C(=O)C(C)(C)NC(=O)C1C1CCCCC1. The third-order valence-corrected chi connectivity index (χ3v) is 4.63. The van der Waals surface area contributed by atoms with Crippen molar-refractivity contribution >= 4 is 11.8 Å². The van der Waals surface area contributed by atoms with Gasteiger partial charge < -0.3 is 10.2 Å². The van der Waals surface area contributed by atoms with Gasteiger partial charge in [-0.25, -0.2) is 0 Å². The van der Waals surface area contributed by atoms with Gasteiger partial charge in [0.15, 0.2) is 0 Å². The van der Waals surface area contributed by atoms with E-state index in [1.165, 1.54) is 24.8 Å². The second-order valence-electron chi connectivity index (χ2n) is 7.20. The number of carbonyl (C=O) groups is 2. The fraction of sp³-hybridized carbons (Fsp3) is 0.765. The van der Waals surface area contributed by atoms with E-state index in [1.54, 1.807) is 13.8 Å². The van der Waals surface area contributed by atoms with Gasteiger partial charge in [0.05, 0.1) is 0 Å². The highest BCUT2D eigenvalue weighted by Gasteiger charge is 2.47. The summed E-state index contributed by atoms with van der Waals surface area (Å²) in [7, 11) is 0. The zero-order valence-electron chi connectivity index (χ0n) is 13.7. The van der Waals surface area contributed by atoms with Gasteiger partial charge in [-0.15, -0.1) is 0 Å². The molecular formula is C17H28N2O2. The Hall–Kier alpha value is -1.32. The zero-order valence-corrected chi connectivity index (χ0v) is 13.7. The van der Waals surface area contributed by atoms with Crippen LogP contribution >= 0.6 is 0 Å². The lowest BCUT2D eigenvalue weighted by Crippen LogP contribution is -2.69. The first-order valence-corrected chi connectivity index (χ1v) is 8.09. The van der Waals surface area contributed by atoms with Gasteiger partial charge in [-0.05, 0) is 46.5 Å². The summed E-state index contributed by atoms with van der Waals surface area (Å²) < 4.78 is 0. The van der Waals surface area contributed by atoms with Gasteiger partial charge in [0.2, 0.25) is 11.8 Å². The lowest BCUT2D eigenvalue weighted by molar-refractivity contribution is -0.155. The van der Waals surface area contributed by atoms with Gasteiger partial charge >= 0.3 is 0 Å². The second kappa shape index (κ2) is 6.20. The summed E-state index contributed by atoms with van der Waals surface area (Å²) in [5.41, 5.74) is 0.381. The summed E-state index contributed by atoms with van der Waals surface area (Å²) in [5, 5.41) is 2.92. The van der Waals surface area contributed by atoms with Crippen molar-refractivity contribution in [3.63, 3.8) is 0 Å². The molecule has 1 unspecified atom stereocenters. The number of allylic oxidation sites excluding steroid dienone is 1. The minimum atomic E-state index is -0.794. The van der Waals surface area contributed by atoms with E-state index in [9.17, 15) is 9.59 Å². The van der Waals surface area contributed by atoms with Gasteiger partial charge in [0, 0.05) is 6.54 Å². The van der Waals surface area contributed by atoms with Crippen molar-refractivity contribution in [1.29, 1.82) is 0 Å². The van der Waals surface area contributed by atoms with E-state index in [0.29, 0.717) is 12.5 Å². The summed E-state index contributed by atoms with van der Waals surface area (Å²) in [6.07, 6.45) is 7.74. The fourth-order valence-electron chi connectivity index (χ4n) is 3.46. The summed E-state index contributed by atoms with van der Waals surface area (Å²) in [6, 6.07) is -0.290. The van der Waals surface area contributed by atoms with E-state index in [1.807, 2.05) is 24.8 Å². The molecule has 1 saturated carbocycles. The average molecular weight is 292 g/mol. The third-order valence-electron chi connectivity index (χ3n) is 4.63. The van der Waals surface area contributed by atoms with Crippen molar-refractivity contribution in [2.24, 2.45) is 5.92 Å². The van der Waals surface area contributed by atoms with E-state index in [2.05, 4.69) is 5.32 Å². The van der Waals surface area contributed by atoms with Crippen LogP contribution in [0.5, 0.6) is 0 Å². The largest absolute Gasteiger partial charge is 0.340 e. The Balaban J connectivity index is 2.26. The Kier molecular flexibility index (Phi) is 4.74. The van der Waals surface area contributed by atoms with Gasteiger partial charge in [0.1, 0.15) is 11.6 Å². The van der Waals surface area contributed by atoms with Gasteiger partial charge in [-0.2, -0.15) is 0 Å². The van der Waals surface area contributed by atoms with E-state index >= 15 is 0 Å². The lowest BCUT2D eigenvalue weighted by atomic mass is 9.80. The molecule has 4 heteroatoms.